The van der Waals surface area contributed by atoms with E-state index in [-0.39, 0.29) is 18.1 Å². The third kappa shape index (κ3) is 6.23. The Morgan fingerprint density at radius 3 is 2.65 bits per heavy atom. The van der Waals surface area contributed by atoms with E-state index in [1.807, 2.05) is 20.8 Å². The molecule has 1 rings (SSSR count). The Bertz CT molecular complexity index is 339. The van der Waals surface area contributed by atoms with E-state index in [1.54, 1.807) is 4.90 Å². The van der Waals surface area contributed by atoms with Crippen LogP contribution in [0.15, 0.2) is 0 Å². The van der Waals surface area contributed by atoms with Gasteiger partial charge in [0.2, 0.25) is 0 Å². The molecule has 0 saturated carbocycles. The molecule has 1 aliphatic rings. The number of piperidine rings is 1. The number of amides is 1. The average molecular weight is 286 g/mol. The Morgan fingerprint density at radius 1 is 1.35 bits per heavy atom. The van der Waals surface area contributed by atoms with Gasteiger partial charge in [0.1, 0.15) is 5.60 Å². The summed E-state index contributed by atoms with van der Waals surface area (Å²) in [5, 5.41) is 3.28. The lowest BCUT2D eigenvalue weighted by atomic mass is 10.1. The van der Waals surface area contributed by atoms with Gasteiger partial charge in [0.25, 0.3) is 0 Å². The van der Waals surface area contributed by atoms with Crippen LogP contribution in [0.4, 0.5) is 4.79 Å². The summed E-state index contributed by atoms with van der Waals surface area (Å²) in [5.74, 6) is -0.225. The van der Waals surface area contributed by atoms with E-state index in [9.17, 15) is 9.59 Å². The zero-order valence-corrected chi connectivity index (χ0v) is 12.9. The molecular weight excluding hydrogens is 260 g/mol. The van der Waals surface area contributed by atoms with E-state index in [1.165, 1.54) is 7.11 Å². The number of esters is 1. The van der Waals surface area contributed by atoms with Gasteiger partial charge in [0.15, 0.2) is 0 Å². The Labute approximate surface area is 120 Å². The average Bonchev–Trinajstić information content (AvgIpc) is 2.37. The van der Waals surface area contributed by atoms with Gasteiger partial charge in [0.05, 0.1) is 13.5 Å². The SMILES string of the molecule is COC(=O)CCNC1CCCN(C(=O)OC(C)(C)C)C1. The molecule has 1 fully saturated rings. The summed E-state index contributed by atoms with van der Waals surface area (Å²) in [4.78, 5) is 24.8. The molecule has 1 N–H and O–H groups in total. The van der Waals surface area contributed by atoms with Crippen LogP contribution in [0.5, 0.6) is 0 Å². The minimum absolute atomic E-state index is 0.209. The van der Waals surface area contributed by atoms with Gasteiger partial charge in [-0.05, 0) is 33.6 Å². The fourth-order valence-electron chi connectivity index (χ4n) is 2.12. The van der Waals surface area contributed by atoms with Crippen molar-refractivity contribution in [2.24, 2.45) is 0 Å². The summed E-state index contributed by atoms with van der Waals surface area (Å²) in [7, 11) is 1.38. The van der Waals surface area contributed by atoms with Crippen LogP contribution < -0.4 is 5.32 Å². The fourth-order valence-corrected chi connectivity index (χ4v) is 2.12. The molecule has 116 valence electrons. The van der Waals surface area contributed by atoms with Gasteiger partial charge >= 0.3 is 12.1 Å². The zero-order chi connectivity index (χ0) is 15.2. The van der Waals surface area contributed by atoms with Crippen LogP contribution in [0, 0.1) is 0 Å². The van der Waals surface area contributed by atoms with Crippen LogP contribution in [0.25, 0.3) is 0 Å². The van der Waals surface area contributed by atoms with Crippen molar-refractivity contribution in [3.8, 4) is 0 Å². The molecule has 0 spiro atoms. The van der Waals surface area contributed by atoms with Crippen molar-refractivity contribution in [2.45, 2.75) is 51.7 Å². The molecule has 0 aromatic carbocycles. The van der Waals surface area contributed by atoms with E-state index in [0.717, 1.165) is 19.4 Å². The number of ether oxygens (including phenoxy) is 2. The third-order valence-corrected chi connectivity index (χ3v) is 3.06. The summed E-state index contributed by atoms with van der Waals surface area (Å²) < 4.78 is 9.96. The van der Waals surface area contributed by atoms with E-state index < -0.39 is 5.60 Å². The van der Waals surface area contributed by atoms with Gasteiger partial charge in [-0.25, -0.2) is 4.79 Å². The molecule has 1 aliphatic heterocycles. The number of carbonyl (C=O) groups excluding carboxylic acids is 2. The van der Waals surface area contributed by atoms with Crippen LogP contribution in [-0.4, -0.2) is 55.3 Å². The number of hydrogen-bond acceptors (Lipinski definition) is 5. The lowest BCUT2D eigenvalue weighted by Gasteiger charge is -2.34. The normalized spacial score (nSPS) is 19.6. The first-order valence-corrected chi connectivity index (χ1v) is 7.10. The first-order valence-electron chi connectivity index (χ1n) is 7.10. The Morgan fingerprint density at radius 2 is 2.05 bits per heavy atom. The molecule has 0 radical (unpaired) electrons. The highest BCUT2D eigenvalue weighted by Crippen LogP contribution is 2.15. The molecular formula is C14H26N2O4. The van der Waals surface area contributed by atoms with Crippen molar-refractivity contribution in [1.29, 1.82) is 0 Å². The highest BCUT2D eigenvalue weighted by Gasteiger charge is 2.27. The smallest absolute Gasteiger partial charge is 0.410 e. The minimum atomic E-state index is -0.470. The third-order valence-electron chi connectivity index (χ3n) is 3.06. The topological polar surface area (TPSA) is 67.9 Å². The van der Waals surface area contributed by atoms with Gasteiger partial charge in [-0.2, -0.15) is 0 Å². The van der Waals surface area contributed by atoms with Gasteiger partial charge < -0.3 is 19.7 Å². The summed E-state index contributed by atoms with van der Waals surface area (Å²) in [5.41, 5.74) is -0.470. The molecule has 0 bridgehead atoms. The summed E-state index contributed by atoms with van der Waals surface area (Å²) >= 11 is 0. The monoisotopic (exact) mass is 286 g/mol. The number of nitrogens with zero attached hydrogens (tertiary/aromatic N) is 1. The van der Waals surface area contributed by atoms with E-state index in [2.05, 4.69) is 10.1 Å². The van der Waals surface area contributed by atoms with E-state index >= 15 is 0 Å². The number of hydrogen-bond donors (Lipinski definition) is 1. The number of rotatable bonds is 4. The number of likely N-dealkylation sites (tertiary alicyclic amines) is 1. The summed E-state index contributed by atoms with van der Waals surface area (Å²) in [6.45, 7) is 7.50. The highest BCUT2D eigenvalue weighted by molar-refractivity contribution is 5.69. The van der Waals surface area contributed by atoms with Crippen LogP contribution in [0.2, 0.25) is 0 Å². The molecule has 1 atom stereocenters. The molecule has 1 saturated heterocycles. The van der Waals surface area contributed by atoms with Crippen LogP contribution >= 0.6 is 0 Å². The Balaban J connectivity index is 2.35. The Kier molecular flexibility index (Phi) is 6.26. The van der Waals surface area contributed by atoms with Gasteiger partial charge in [-0.15, -0.1) is 0 Å². The second kappa shape index (κ2) is 7.47. The lowest BCUT2D eigenvalue weighted by Crippen LogP contribution is -2.49. The largest absolute Gasteiger partial charge is 0.469 e. The predicted molar refractivity (Wildman–Crippen MR) is 75.5 cm³/mol. The summed E-state index contributed by atoms with van der Waals surface area (Å²) in [6, 6.07) is 0.209. The summed E-state index contributed by atoms with van der Waals surface area (Å²) in [6.07, 6.45) is 2.02. The van der Waals surface area contributed by atoms with Crippen LogP contribution in [-0.2, 0) is 14.3 Å². The van der Waals surface area contributed by atoms with Gasteiger partial charge in [-0.3, -0.25) is 4.79 Å². The van der Waals surface area contributed by atoms with Gasteiger partial charge in [-0.1, -0.05) is 0 Å². The van der Waals surface area contributed by atoms with Crippen LogP contribution in [0.3, 0.4) is 0 Å². The standard InChI is InChI=1S/C14H26N2O4/c1-14(2,3)20-13(18)16-9-5-6-11(10-16)15-8-7-12(17)19-4/h11,15H,5-10H2,1-4H3. The molecule has 0 aromatic rings. The molecule has 1 unspecified atom stereocenters. The number of methoxy groups -OCH3 is 1. The lowest BCUT2D eigenvalue weighted by molar-refractivity contribution is -0.140. The van der Waals surface area contributed by atoms with Crippen LogP contribution in [0.1, 0.15) is 40.0 Å². The quantitative estimate of drug-likeness (QED) is 0.794. The molecule has 0 aliphatic carbocycles. The van der Waals surface area contributed by atoms with Gasteiger partial charge in [0, 0.05) is 25.7 Å². The zero-order valence-electron chi connectivity index (χ0n) is 12.9. The molecule has 20 heavy (non-hydrogen) atoms. The Hall–Kier alpha value is -1.30. The van der Waals surface area contributed by atoms with E-state index in [0.29, 0.717) is 19.5 Å². The molecule has 1 amide bonds. The van der Waals surface area contributed by atoms with E-state index in [4.69, 9.17) is 4.74 Å². The molecule has 0 aromatic heterocycles. The maximum Gasteiger partial charge on any atom is 0.410 e. The molecule has 6 heteroatoms. The fraction of sp³-hybridized carbons (Fsp3) is 0.857. The maximum atomic E-state index is 12.0. The predicted octanol–water partition coefficient (Wildman–Crippen LogP) is 1.54. The first-order chi connectivity index (χ1) is 9.31. The minimum Gasteiger partial charge on any atom is -0.469 e. The molecule has 1 heterocycles. The second-order valence-corrected chi connectivity index (χ2v) is 6.05. The van der Waals surface area contributed by atoms with Crippen molar-refractivity contribution in [3.05, 3.63) is 0 Å². The maximum absolute atomic E-state index is 12.0. The van der Waals surface area contributed by atoms with Crippen molar-refractivity contribution in [1.82, 2.24) is 10.2 Å². The number of nitrogens with one attached hydrogen (secondary N) is 1. The highest BCUT2D eigenvalue weighted by atomic mass is 16.6. The van der Waals surface area contributed by atoms with Crippen molar-refractivity contribution in [2.75, 3.05) is 26.7 Å². The van der Waals surface area contributed by atoms with Crippen molar-refractivity contribution < 1.29 is 19.1 Å². The number of carbonyl (C=O) groups is 2. The van der Waals surface area contributed by atoms with Crippen molar-refractivity contribution >= 4 is 12.1 Å². The molecule has 6 nitrogen and oxygen atoms in total. The first kappa shape index (κ1) is 16.8. The second-order valence-electron chi connectivity index (χ2n) is 6.05. The van der Waals surface area contributed by atoms with Crippen molar-refractivity contribution in [3.63, 3.8) is 0 Å².